The van der Waals surface area contributed by atoms with E-state index in [0.29, 0.717) is 32.5 Å². The van der Waals surface area contributed by atoms with Crippen LogP contribution in [0.1, 0.15) is 12.8 Å². The highest BCUT2D eigenvalue weighted by molar-refractivity contribution is 7.91. The lowest BCUT2D eigenvalue weighted by Crippen LogP contribution is -2.36. The third-order valence-corrected chi connectivity index (χ3v) is 4.90. The van der Waals surface area contributed by atoms with E-state index in [1.807, 2.05) is 11.9 Å². The summed E-state index contributed by atoms with van der Waals surface area (Å²) in [6.45, 7) is 1.60. The third-order valence-electron chi connectivity index (χ3n) is 3.15. The predicted molar refractivity (Wildman–Crippen MR) is 69.2 cm³/mol. The molecular formula is C11H22N2O4S. The Kier molecular flexibility index (Phi) is 6.04. The summed E-state index contributed by atoms with van der Waals surface area (Å²) in [6.07, 6.45) is 1.06. The maximum Gasteiger partial charge on any atom is 0.221 e. The van der Waals surface area contributed by atoms with Gasteiger partial charge in [0.2, 0.25) is 5.91 Å². The summed E-state index contributed by atoms with van der Waals surface area (Å²) < 4.78 is 27.5. The topological polar surface area (TPSA) is 75.7 Å². The Bertz CT molecular complexity index is 369. The van der Waals surface area contributed by atoms with Gasteiger partial charge in [-0.3, -0.25) is 4.79 Å². The quantitative estimate of drug-likeness (QED) is 0.621. The number of rotatable bonds is 7. The molecule has 0 aliphatic carbocycles. The molecule has 1 unspecified atom stereocenters. The molecule has 106 valence electrons. The van der Waals surface area contributed by atoms with Crippen molar-refractivity contribution >= 4 is 15.7 Å². The minimum atomic E-state index is -2.86. The number of sulfone groups is 1. The Hall–Kier alpha value is -0.660. The average Bonchev–Trinajstić information content (AvgIpc) is 2.67. The summed E-state index contributed by atoms with van der Waals surface area (Å²) in [5.74, 6) is 0.455. The summed E-state index contributed by atoms with van der Waals surface area (Å²) in [5, 5.41) is 2.74. The molecule has 0 spiro atoms. The highest BCUT2D eigenvalue weighted by atomic mass is 32.2. The monoisotopic (exact) mass is 278 g/mol. The van der Waals surface area contributed by atoms with E-state index in [1.165, 1.54) is 0 Å². The van der Waals surface area contributed by atoms with Crippen LogP contribution in [0, 0.1) is 0 Å². The van der Waals surface area contributed by atoms with Crippen LogP contribution in [0.3, 0.4) is 0 Å². The summed E-state index contributed by atoms with van der Waals surface area (Å²) in [5.41, 5.74) is 0. The largest absolute Gasteiger partial charge is 0.383 e. The van der Waals surface area contributed by atoms with Crippen LogP contribution in [0.5, 0.6) is 0 Å². The van der Waals surface area contributed by atoms with Crippen molar-refractivity contribution in [2.75, 3.05) is 45.4 Å². The zero-order valence-corrected chi connectivity index (χ0v) is 11.8. The van der Waals surface area contributed by atoms with Gasteiger partial charge in [0.05, 0.1) is 18.1 Å². The van der Waals surface area contributed by atoms with Crippen LogP contribution in [0.25, 0.3) is 0 Å². The van der Waals surface area contributed by atoms with Crippen LogP contribution in [-0.2, 0) is 19.4 Å². The highest BCUT2D eigenvalue weighted by Gasteiger charge is 2.30. The number of nitrogens with one attached hydrogen (secondary N) is 1. The molecule has 1 aliphatic rings. The van der Waals surface area contributed by atoms with E-state index in [-0.39, 0.29) is 23.5 Å². The van der Waals surface area contributed by atoms with Gasteiger partial charge in [0.25, 0.3) is 0 Å². The standard InChI is InChI=1S/C11H22N2O4S/c1-13(10-4-8-18(15,16)9-10)6-3-11(14)12-5-7-17-2/h10H,3-9H2,1-2H3,(H,12,14). The first-order valence-corrected chi connectivity index (χ1v) is 7.93. The SMILES string of the molecule is COCCNC(=O)CCN(C)C1CCS(=O)(=O)C1. The zero-order chi connectivity index (χ0) is 13.6. The maximum absolute atomic E-state index is 11.5. The molecule has 0 aromatic rings. The Labute approximate surface area is 109 Å². The molecule has 0 bridgehead atoms. The van der Waals surface area contributed by atoms with Crippen molar-refractivity contribution in [3.05, 3.63) is 0 Å². The number of amides is 1. The van der Waals surface area contributed by atoms with E-state index in [2.05, 4.69) is 5.32 Å². The number of carbonyl (C=O) groups is 1. The number of methoxy groups -OCH3 is 1. The fourth-order valence-corrected chi connectivity index (χ4v) is 3.77. The fraction of sp³-hybridized carbons (Fsp3) is 0.909. The molecule has 1 fully saturated rings. The summed E-state index contributed by atoms with van der Waals surface area (Å²) in [6, 6.07) is 0.0572. The number of ether oxygens (including phenoxy) is 1. The van der Waals surface area contributed by atoms with E-state index in [4.69, 9.17) is 4.74 Å². The molecule has 0 aromatic carbocycles. The maximum atomic E-state index is 11.5. The second kappa shape index (κ2) is 7.06. The van der Waals surface area contributed by atoms with Gasteiger partial charge in [0, 0.05) is 32.7 Å². The van der Waals surface area contributed by atoms with Gasteiger partial charge in [-0.05, 0) is 13.5 Å². The first-order valence-electron chi connectivity index (χ1n) is 6.11. The lowest BCUT2D eigenvalue weighted by atomic mass is 10.2. The van der Waals surface area contributed by atoms with Gasteiger partial charge in [-0.25, -0.2) is 8.42 Å². The summed E-state index contributed by atoms with van der Waals surface area (Å²) >= 11 is 0. The minimum Gasteiger partial charge on any atom is -0.383 e. The number of nitrogens with zero attached hydrogens (tertiary/aromatic N) is 1. The van der Waals surface area contributed by atoms with Gasteiger partial charge in [0.15, 0.2) is 9.84 Å². The lowest BCUT2D eigenvalue weighted by Gasteiger charge is -2.22. The molecule has 7 heteroatoms. The van der Waals surface area contributed by atoms with Crippen molar-refractivity contribution in [2.24, 2.45) is 0 Å². The molecule has 1 heterocycles. The van der Waals surface area contributed by atoms with Crippen molar-refractivity contribution < 1.29 is 17.9 Å². The molecule has 1 aliphatic heterocycles. The first kappa shape index (κ1) is 15.4. The van der Waals surface area contributed by atoms with Gasteiger partial charge in [0.1, 0.15) is 0 Å². The van der Waals surface area contributed by atoms with Gasteiger partial charge < -0.3 is 15.0 Å². The van der Waals surface area contributed by atoms with Crippen LogP contribution < -0.4 is 5.32 Å². The number of hydrogen-bond donors (Lipinski definition) is 1. The predicted octanol–water partition coefficient (Wildman–Crippen LogP) is -0.742. The zero-order valence-electron chi connectivity index (χ0n) is 11.0. The average molecular weight is 278 g/mol. The Morgan fingerprint density at radius 3 is 2.78 bits per heavy atom. The normalized spacial score (nSPS) is 22.3. The van der Waals surface area contributed by atoms with Crippen molar-refractivity contribution in [2.45, 2.75) is 18.9 Å². The number of carbonyl (C=O) groups excluding carboxylic acids is 1. The van der Waals surface area contributed by atoms with E-state index >= 15 is 0 Å². The van der Waals surface area contributed by atoms with Gasteiger partial charge in [-0.2, -0.15) is 0 Å². The summed E-state index contributed by atoms with van der Waals surface area (Å²) in [4.78, 5) is 13.4. The van der Waals surface area contributed by atoms with Crippen LogP contribution in [0.2, 0.25) is 0 Å². The molecule has 0 aromatic heterocycles. The van der Waals surface area contributed by atoms with Gasteiger partial charge in [-0.1, -0.05) is 0 Å². The second-order valence-electron chi connectivity index (χ2n) is 4.63. The van der Waals surface area contributed by atoms with E-state index in [1.54, 1.807) is 7.11 Å². The highest BCUT2D eigenvalue weighted by Crippen LogP contribution is 2.16. The fourth-order valence-electron chi connectivity index (χ4n) is 1.96. The second-order valence-corrected chi connectivity index (χ2v) is 6.86. The first-order chi connectivity index (χ1) is 8.44. The smallest absolute Gasteiger partial charge is 0.221 e. The molecule has 18 heavy (non-hydrogen) atoms. The Morgan fingerprint density at radius 2 is 2.22 bits per heavy atom. The van der Waals surface area contributed by atoms with E-state index < -0.39 is 9.84 Å². The summed E-state index contributed by atoms with van der Waals surface area (Å²) in [7, 11) is 0.597. The molecular weight excluding hydrogens is 256 g/mol. The molecule has 1 N–H and O–H groups in total. The van der Waals surface area contributed by atoms with Crippen LogP contribution in [0.15, 0.2) is 0 Å². The number of hydrogen-bond acceptors (Lipinski definition) is 5. The minimum absolute atomic E-state index is 0.0280. The van der Waals surface area contributed by atoms with Crippen molar-refractivity contribution in [3.63, 3.8) is 0 Å². The van der Waals surface area contributed by atoms with E-state index in [9.17, 15) is 13.2 Å². The molecule has 6 nitrogen and oxygen atoms in total. The Balaban J connectivity index is 2.21. The van der Waals surface area contributed by atoms with Gasteiger partial charge >= 0.3 is 0 Å². The van der Waals surface area contributed by atoms with E-state index in [0.717, 1.165) is 0 Å². The lowest BCUT2D eigenvalue weighted by molar-refractivity contribution is -0.121. The van der Waals surface area contributed by atoms with Crippen LogP contribution in [0.4, 0.5) is 0 Å². The molecule has 0 radical (unpaired) electrons. The Morgan fingerprint density at radius 1 is 1.50 bits per heavy atom. The van der Waals surface area contributed by atoms with Crippen LogP contribution in [-0.4, -0.2) is 70.6 Å². The van der Waals surface area contributed by atoms with Gasteiger partial charge in [-0.15, -0.1) is 0 Å². The molecule has 1 amide bonds. The van der Waals surface area contributed by atoms with Crippen LogP contribution >= 0.6 is 0 Å². The van der Waals surface area contributed by atoms with Crippen molar-refractivity contribution in [1.82, 2.24) is 10.2 Å². The van der Waals surface area contributed by atoms with Crippen molar-refractivity contribution in [1.29, 1.82) is 0 Å². The van der Waals surface area contributed by atoms with Crippen molar-refractivity contribution in [3.8, 4) is 0 Å². The molecule has 0 saturated carbocycles. The third kappa shape index (κ3) is 5.32. The molecule has 1 rings (SSSR count). The molecule has 1 saturated heterocycles. The molecule has 1 atom stereocenters.